The lowest BCUT2D eigenvalue weighted by Gasteiger charge is -2.16. The summed E-state index contributed by atoms with van der Waals surface area (Å²) in [6.45, 7) is 2.01. The van der Waals surface area contributed by atoms with Gasteiger partial charge < -0.3 is 10.1 Å². The number of fused-ring (bicyclic) bond motifs is 2. The summed E-state index contributed by atoms with van der Waals surface area (Å²) in [4.78, 5) is 44.3. The predicted octanol–water partition coefficient (Wildman–Crippen LogP) is 4.60. The van der Waals surface area contributed by atoms with Crippen molar-refractivity contribution < 1.29 is 19.1 Å². The second kappa shape index (κ2) is 8.44. The molecule has 0 radical (unpaired) electrons. The van der Waals surface area contributed by atoms with Crippen molar-refractivity contribution in [2.75, 3.05) is 12.4 Å². The topological polar surface area (TPSA) is 88.6 Å². The SMILES string of the molecule is COc1ccc(CN2C(=O)c3ccccc3C2=O)cc1C(=O)Nc1ccc(C)c2ncccc12. The minimum atomic E-state index is -0.366. The maximum Gasteiger partial charge on any atom is 0.261 e. The van der Waals surface area contributed by atoms with Gasteiger partial charge in [0.15, 0.2) is 0 Å². The molecular weight excluding hydrogens is 430 g/mol. The van der Waals surface area contributed by atoms with E-state index in [0.717, 1.165) is 16.5 Å². The van der Waals surface area contributed by atoms with Crippen molar-refractivity contribution in [2.45, 2.75) is 13.5 Å². The fraction of sp³-hybridized carbons (Fsp3) is 0.111. The molecule has 3 amide bonds. The molecular formula is C27H21N3O4. The van der Waals surface area contributed by atoms with Crippen LogP contribution in [-0.4, -0.2) is 34.7 Å². The van der Waals surface area contributed by atoms with Crippen molar-refractivity contribution in [1.29, 1.82) is 0 Å². The summed E-state index contributed by atoms with van der Waals surface area (Å²) in [6, 6.07) is 19.3. The first-order valence-electron chi connectivity index (χ1n) is 10.8. The Hall–Kier alpha value is -4.52. The number of aromatic nitrogens is 1. The molecule has 1 aliphatic rings. The molecule has 7 nitrogen and oxygen atoms in total. The molecule has 2 heterocycles. The molecule has 1 N–H and O–H groups in total. The van der Waals surface area contributed by atoms with E-state index in [0.29, 0.717) is 33.7 Å². The van der Waals surface area contributed by atoms with Crippen LogP contribution in [0.3, 0.4) is 0 Å². The minimum absolute atomic E-state index is 0.0496. The van der Waals surface area contributed by atoms with Gasteiger partial charge in [0.05, 0.1) is 41.5 Å². The van der Waals surface area contributed by atoms with Gasteiger partial charge in [0.25, 0.3) is 17.7 Å². The number of benzene rings is 3. The number of nitrogens with one attached hydrogen (secondary N) is 1. The van der Waals surface area contributed by atoms with Gasteiger partial charge in [-0.25, -0.2) is 0 Å². The number of hydrogen-bond acceptors (Lipinski definition) is 5. The lowest BCUT2D eigenvalue weighted by molar-refractivity contribution is 0.0642. The van der Waals surface area contributed by atoms with E-state index in [9.17, 15) is 14.4 Å². The Bertz CT molecular complexity index is 1440. The van der Waals surface area contributed by atoms with Crippen molar-refractivity contribution >= 4 is 34.3 Å². The lowest BCUT2D eigenvalue weighted by atomic mass is 10.1. The Morgan fingerprint density at radius 3 is 2.41 bits per heavy atom. The van der Waals surface area contributed by atoms with Crippen LogP contribution in [0.2, 0.25) is 0 Å². The third kappa shape index (κ3) is 3.57. The average molecular weight is 451 g/mol. The normalized spacial score (nSPS) is 12.7. The molecule has 5 rings (SSSR count). The molecule has 168 valence electrons. The number of amides is 3. The molecule has 0 saturated carbocycles. The molecule has 0 aliphatic carbocycles. The molecule has 1 aromatic heterocycles. The number of ether oxygens (including phenoxy) is 1. The van der Waals surface area contributed by atoms with E-state index < -0.39 is 0 Å². The molecule has 4 aromatic rings. The Balaban J connectivity index is 1.44. The maximum absolute atomic E-state index is 13.3. The highest BCUT2D eigenvalue weighted by Gasteiger charge is 2.35. The van der Waals surface area contributed by atoms with E-state index >= 15 is 0 Å². The fourth-order valence-corrected chi connectivity index (χ4v) is 4.21. The van der Waals surface area contributed by atoms with Gasteiger partial charge in [-0.05, 0) is 60.5 Å². The number of rotatable bonds is 5. The lowest BCUT2D eigenvalue weighted by Crippen LogP contribution is -2.29. The minimum Gasteiger partial charge on any atom is -0.496 e. The summed E-state index contributed by atoms with van der Waals surface area (Å²) in [6.07, 6.45) is 1.71. The Kier molecular flexibility index (Phi) is 5.30. The van der Waals surface area contributed by atoms with Gasteiger partial charge in [-0.1, -0.05) is 24.3 Å². The van der Waals surface area contributed by atoms with Gasteiger partial charge in [0, 0.05) is 11.6 Å². The molecule has 0 unspecified atom stereocenters. The Labute approximate surface area is 196 Å². The molecule has 0 bridgehead atoms. The van der Waals surface area contributed by atoms with Gasteiger partial charge in [-0.2, -0.15) is 0 Å². The van der Waals surface area contributed by atoms with Crippen LogP contribution in [0.1, 0.15) is 42.2 Å². The van der Waals surface area contributed by atoms with Crippen molar-refractivity contribution in [3.8, 4) is 5.75 Å². The quantitative estimate of drug-likeness (QED) is 0.448. The highest BCUT2D eigenvalue weighted by atomic mass is 16.5. The molecule has 34 heavy (non-hydrogen) atoms. The van der Waals surface area contributed by atoms with Crippen molar-refractivity contribution in [1.82, 2.24) is 9.88 Å². The summed E-state index contributed by atoms with van der Waals surface area (Å²) in [7, 11) is 1.49. The second-order valence-electron chi connectivity index (χ2n) is 8.06. The number of methoxy groups -OCH3 is 1. The number of hydrogen-bond donors (Lipinski definition) is 1. The van der Waals surface area contributed by atoms with Gasteiger partial charge in [-0.15, -0.1) is 0 Å². The van der Waals surface area contributed by atoms with Crippen LogP contribution in [0.5, 0.6) is 5.75 Å². The largest absolute Gasteiger partial charge is 0.496 e. The van der Waals surface area contributed by atoms with E-state index in [4.69, 9.17) is 4.74 Å². The number of carbonyl (C=O) groups is 3. The zero-order valence-corrected chi connectivity index (χ0v) is 18.7. The zero-order chi connectivity index (χ0) is 23.8. The molecule has 1 aliphatic heterocycles. The zero-order valence-electron chi connectivity index (χ0n) is 18.7. The predicted molar refractivity (Wildman–Crippen MR) is 128 cm³/mol. The van der Waals surface area contributed by atoms with Crippen LogP contribution >= 0.6 is 0 Å². The van der Waals surface area contributed by atoms with Crippen molar-refractivity contribution in [3.05, 3.63) is 101 Å². The van der Waals surface area contributed by atoms with E-state index in [1.165, 1.54) is 12.0 Å². The number of aryl methyl sites for hydroxylation is 1. The maximum atomic E-state index is 13.3. The smallest absolute Gasteiger partial charge is 0.261 e. The summed E-state index contributed by atoms with van der Waals surface area (Å²) in [5.74, 6) is -0.671. The van der Waals surface area contributed by atoms with Crippen molar-refractivity contribution in [2.24, 2.45) is 0 Å². The first-order chi connectivity index (χ1) is 16.5. The standard InChI is InChI=1S/C27H21N3O4/c1-16-9-11-22(20-8-5-13-28-24(16)20)29-25(31)21-14-17(10-12-23(21)34-2)15-30-26(32)18-6-3-4-7-19(18)27(30)33/h3-14H,15H2,1-2H3,(H,29,31). The van der Waals surface area contributed by atoms with Crippen LogP contribution in [0.4, 0.5) is 5.69 Å². The number of anilines is 1. The molecule has 7 heteroatoms. The summed E-state index contributed by atoms with van der Waals surface area (Å²) >= 11 is 0. The van der Waals surface area contributed by atoms with Crippen LogP contribution in [0.25, 0.3) is 10.9 Å². The third-order valence-electron chi connectivity index (χ3n) is 5.95. The second-order valence-corrected chi connectivity index (χ2v) is 8.06. The van der Waals surface area contributed by atoms with Crippen LogP contribution in [0, 0.1) is 6.92 Å². The van der Waals surface area contributed by atoms with E-state index in [1.807, 2.05) is 31.2 Å². The van der Waals surface area contributed by atoms with Gasteiger partial charge in [0.1, 0.15) is 5.75 Å². The Morgan fingerprint density at radius 1 is 0.971 bits per heavy atom. The number of imide groups is 1. The van der Waals surface area contributed by atoms with E-state index in [-0.39, 0.29) is 24.3 Å². The monoisotopic (exact) mass is 451 g/mol. The van der Waals surface area contributed by atoms with Crippen LogP contribution in [0.15, 0.2) is 72.9 Å². The van der Waals surface area contributed by atoms with E-state index in [1.54, 1.807) is 48.7 Å². The average Bonchev–Trinajstić information content (AvgIpc) is 3.11. The van der Waals surface area contributed by atoms with Gasteiger partial charge >= 0.3 is 0 Å². The summed E-state index contributed by atoms with van der Waals surface area (Å²) in [5, 5.41) is 3.78. The van der Waals surface area contributed by atoms with Gasteiger partial charge in [-0.3, -0.25) is 24.3 Å². The third-order valence-corrected chi connectivity index (χ3v) is 5.95. The molecule has 0 atom stereocenters. The van der Waals surface area contributed by atoms with Crippen LogP contribution in [-0.2, 0) is 6.54 Å². The van der Waals surface area contributed by atoms with Crippen molar-refractivity contribution in [3.63, 3.8) is 0 Å². The highest BCUT2D eigenvalue weighted by Crippen LogP contribution is 2.29. The Morgan fingerprint density at radius 2 is 1.71 bits per heavy atom. The fourth-order valence-electron chi connectivity index (χ4n) is 4.21. The van der Waals surface area contributed by atoms with Crippen LogP contribution < -0.4 is 10.1 Å². The van der Waals surface area contributed by atoms with Gasteiger partial charge in [0.2, 0.25) is 0 Å². The highest BCUT2D eigenvalue weighted by molar-refractivity contribution is 6.21. The molecule has 0 saturated heterocycles. The number of pyridine rings is 1. The summed E-state index contributed by atoms with van der Waals surface area (Å²) < 4.78 is 5.41. The molecule has 3 aromatic carbocycles. The molecule has 0 spiro atoms. The first kappa shape index (κ1) is 21.3. The van der Waals surface area contributed by atoms with E-state index in [2.05, 4.69) is 10.3 Å². The summed E-state index contributed by atoms with van der Waals surface area (Å²) in [5.41, 5.74) is 4.16. The number of carbonyl (C=O) groups excluding carboxylic acids is 3. The first-order valence-corrected chi connectivity index (χ1v) is 10.8. The molecule has 0 fully saturated rings. The number of nitrogens with zero attached hydrogens (tertiary/aromatic N) is 2.